The molecule has 0 aliphatic rings. The molecule has 0 radical (unpaired) electrons. The number of nitrogens with one attached hydrogen (secondary N) is 1. The quantitative estimate of drug-likeness (QED) is 0.850. The summed E-state index contributed by atoms with van der Waals surface area (Å²) in [5, 5.41) is 3.41. The Labute approximate surface area is 96.1 Å². The third-order valence-corrected chi connectivity index (χ3v) is 2.71. The van der Waals surface area contributed by atoms with E-state index in [2.05, 4.69) is 33.9 Å². The molecule has 0 spiro atoms. The van der Waals surface area contributed by atoms with Gasteiger partial charge in [-0.25, -0.2) is 4.98 Å². The molecule has 1 heterocycles. The third kappa shape index (κ3) is 2.42. The second-order valence-electron chi connectivity index (χ2n) is 3.98. The van der Waals surface area contributed by atoms with E-state index in [1.54, 1.807) is 0 Å². The van der Waals surface area contributed by atoms with Crippen molar-refractivity contribution in [2.75, 3.05) is 11.9 Å². The van der Waals surface area contributed by atoms with Gasteiger partial charge in [-0.05, 0) is 26.0 Å². The van der Waals surface area contributed by atoms with Gasteiger partial charge in [0, 0.05) is 30.7 Å². The van der Waals surface area contributed by atoms with Crippen LogP contribution < -0.4 is 5.32 Å². The van der Waals surface area contributed by atoms with E-state index in [9.17, 15) is 0 Å². The molecule has 16 heavy (non-hydrogen) atoms. The first-order chi connectivity index (χ1) is 7.77. The van der Waals surface area contributed by atoms with Crippen LogP contribution in [0.15, 0.2) is 42.7 Å². The second kappa shape index (κ2) is 4.84. The van der Waals surface area contributed by atoms with Crippen LogP contribution in [0.5, 0.6) is 0 Å². The summed E-state index contributed by atoms with van der Waals surface area (Å²) in [5.41, 5.74) is 1.16. The fourth-order valence-corrected chi connectivity index (χ4v) is 1.77. The molecule has 0 saturated heterocycles. The van der Waals surface area contributed by atoms with Gasteiger partial charge in [0.05, 0.1) is 0 Å². The Morgan fingerprint density at radius 2 is 2.06 bits per heavy atom. The van der Waals surface area contributed by atoms with E-state index in [-0.39, 0.29) is 0 Å². The van der Waals surface area contributed by atoms with Gasteiger partial charge in [0.1, 0.15) is 5.82 Å². The van der Waals surface area contributed by atoms with Gasteiger partial charge in [-0.15, -0.1) is 0 Å². The molecular formula is C13H17N3. The van der Waals surface area contributed by atoms with Crippen LogP contribution in [0.2, 0.25) is 0 Å². The molecule has 3 heteroatoms. The molecule has 0 aliphatic heterocycles. The fraction of sp³-hybridized carbons (Fsp3) is 0.308. The Balaban J connectivity index is 1.94. The van der Waals surface area contributed by atoms with Crippen LogP contribution >= 0.6 is 0 Å². The zero-order chi connectivity index (χ0) is 11.4. The minimum Gasteiger partial charge on any atom is -0.383 e. The van der Waals surface area contributed by atoms with Crippen LogP contribution in [0, 0.1) is 6.92 Å². The van der Waals surface area contributed by atoms with E-state index in [0.29, 0.717) is 6.04 Å². The second-order valence-corrected chi connectivity index (χ2v) is 3.98. The van der Waals surface area contributed by atoms with Gasteiger partial charge in [-0.1, -0.05) is 18.2 Å². The van der Waals surface area contributed by atoms with Crippen molar-refractivity contribution in [2.45, 2.75) is 19.9 Å². The molecular weight excluding hydrogens is 198 g/mol. The molecule has 0 aliphatic carbocycles. The van der Waals surface area contributed by atoms with Crippen molar-refractivity contribution >= 4 is 5.69 Å². The number of para-hydroxylation sites is 1. The van der Waals surface area contributed by atoms with Gasteiger partial charge < -0.3 is 9.88 Å². The van der Waals surface area contributed by atoms with E-state index in [1.807, 2.05) is 37.5 Å². The number of rotatable bonds is 4. The lowest BCUT2D eigenvalue weighted by atomic mass is 10.3. The number of anilines is 1. The summed E-state index contributed by atoms with van der Waals surface area (Å²) in [6.45, 7) is 5.12. The lowest BCUT2D eigenvalue weighted by Gasteiger charge is -2.16. The third-order valence-electron chi connectivity index (χ3n) is 2.71. The van der Waals surface area contributed by atoms with Crippen molar-refractivity contribution in [1.82, 2.24) is 9.55 Å². The number of aryl methyl sites for hydroxylation is 1. The highest BCUT2D eigenvalue weighted by atomic mass is 15.1. The summed E-state index contributed by atoms with van der Waals surface area (Å²) in [6.07, 6.45) is 3.86. The number of nitrogens with zero attached hydrogens (tertiary/aromatic N) is 2. The minimum absolute atomic E-state index is 0.405. The van der Waals surface area contributed by atoms with E-state index in [4.69, 9.17) is 0 Å². The van der Waals surface area contributed by atoms with Gasteiger partial charge in [-0.3, -0.25) is 0 Å². The Hall–Kier alpha value is -1.77. The molecule has 2 aromatic rings. The Morgan fingerprint density at radius 1 is 1.31 bits per heavy atom. The average Bonchev–Trinajstić information content (AvgIpc) is 2.74. The fourth-order valence-electron chi connectivity index (χ4n) is 1.77. The van der Waals surface area contributed by atoms with Gasteiger partial charge in [0.25, 0.3) is 0 Å². The number of hydrogen-bond donors (Lipinski definition) is 1. The molecule has 0 bridgehead atoms. The van der Waals surface area contributed by atoms with Gasteiger partial charge in [-0.2, -0.15) is 0 Å². The summed E-state index contributed by atoms with van der Waals surface area (Å²) in [6, 6.07) is 10.7. The number of aromatic nitrogens is 2. The largest absolute Gasteiger partial charge is 0.383 e. The topological polar surface area (TPSA) is 29.9 Å². The zero-order valence-corrected chi connectivity index (χ0v) is 9.72. The van der Waals surface area contributed by atoms with Gasteiger partial charge in [0.15, 0.2) is 0 Å². The van der Waals surface area contributed by atoms with E-state index < -0.39 is 0 Å². The van der Waals surface area contributed by atoms with Gasteiger partial charge in [0.2, 0.25) is 0 Å². The summed E-state index contributed by atoms with van der Waals surface area (Å²) in [5.74, 6) is 1.06. The molecule has 1 aromatic carbocycles. The maximum absolute atomic E-state index is 4.23. The summed E-state index contributed by atoms with van der Waals surface area (Å²) < 4.78 is 2.18. The smallest absolute Gasteiger partial charge is 0.105 e. The normalized spacial score (nSPS) is 12.4. The number of imidazole rings is 1. The zero-order valence-electron chi connectivity index (χ0n) is 9.72. The minimum atomic E-state index is 0.405. The highest BCUT2D eigenvalue weighted by molar-refractivity contribution is 5.42. The van der Waals surface area contributed by atoms with E-state index >= 15 is 0 Å². The van der Waals surface area contributed by atoms with Crippen LogP contribution in [-0.2, 0) is 0 Å². The van der Waals surface area contributed by atoms with Crippen molar-refractivity contribution in [1.29, 1.82) is 0 Å². The van der Waals surface area contributed by atoms with Crippen LogP contribution in [-0.4, -0.2) is 16.1 Å². The predicted molar refractivity (Wildman–Crippen MR) is 66.6 cm³/mol. The van der Waals surface area contributed by atoms with Crippen molar-refractivity contribution in [3.05, 3.63) is 48.5 Å². The molecule has 1 N–H and O–H groups in total. The molecule has 0 saturated carbocycles. The molecule has 1 atom stereocenters. The molecule has 1 aromatic heterocycles. The van der Waals surface area contributed by atoms with Crippen molar-refractivity contribution in [3.63, 3.8) is 0 Å². The Bertz CT molecular complexity index is 433. The van der Waals surface area contributed by atoms with E-state index in [0.717, 1.165) is 18.1 Å². The van der Waals surface area contributed by atoms with Crippen LogP contribution in [0.3, 0.4) is 0 Å². The standard InChI is InChI=1S/C13H17N3/c1-11(16-9-8-14-12(16)2)10-15-13-6-4-3-5-7-13/h3-9,11,15H,10H2,1-2H3. The maximum atomic E-state index is 4.23. The average molecular weight is 215 g/mol. The van der Waals surface area contributed by atoms with Crippen molar-refractivity contribution in [2.24, 2.45) is 0 Å². The molecule has 0 fully saturated rings. The first-order valence-electron chi connectivity index (χ1n) is 5.55. The predicted octanol–water partition coefficient (Wildman–Crippen LogP) is 2.86. The van der Waals surface area contributed by atoms with Crippen molar-refractivity contribution < 1.29 is 0 Å². The van der Waals surface area contributed by atoms with Gasteiger partial charge >= 0.3 is 0 Å². The lowest BCUT2D eigenvalue weighted by molar-refractivity contribution is 0.558. The highest BCUT2D eigenvalue weighted by Gasteiger charge is 2.05. The SMILES string of the molecule is Cc1nccn1C(C)CNc1ccccc1. The van der Waals surface area contributed by atoms with Crippen LogP contribution in [0.1, 0.15) is 18.8 Å². The Morgan fingerprint density at radius 3 is 2.69 bits per heavy atom. The summed E-state index contributed by atoms with van der Waals surface area (Å²) in [4.78, 5) is 4.23. The van der Waals surface area contributed by atoms with Crippen LogP contribution in [0.4, 0.5) is 5.69 Å². The van der Waals surface area contributed by atoms with Crippen molar-refractivity contribution in [3.8, 4) is 0 Å². The Kier molecular flexibility index (Phi) is 3.25. The molecule has 2 rings (SSSR count). The molecule has 84 valence electrons. The number of benzene rings is 1. The van der Waals surface area contributed by atoms with Crippen LogP contribution in [0.25, 0.3) is 0 Å². The molecule has 3 nitrogen and oxygen atoms in total. The number of hydrogen-bond acceptors (Lipinski definition) is 2. The highest BCUT2D eigenvalue weighted by Crippen LogP contribution is 2.11. The molecule has 1 unspecified atom stereocenters. The first kappa shape index (κ1) is 10.7. The lowest BCUT2D eigenvalue weighted by Crippen LogP contribution is -2.16. The summed E-state index contributed by atoms with van der Waals surface area (Å²) in [7, 11) is 0. The van der Waals surface area contributed by atoms with E-state index in [1.165, 1.54) is 0 Å². The maximum Gasteiger partial charge on any atom is 0.105 e. The monoisotopic (exact) mass is 215 g/mol. The molecule has 0 amide bonds. The summed E-state index contributed by atoms with van der Waals surface area (Å²) >= 11 is 0. The first-order valence-corrected chi connectivity index (χ1v) is 5.55.